The number of fused-ring (bicyclic) bond motifs is 1. The van der Waals surface area contributed by atoms with Gasteiger partial charge in [0.15, 0.2) is 0 Å². The van der Waals surface area contributed by atoms with Gasteiger partial charge in [-0.15, -0.1) is 45.3 Å². The van der Waals surface area contributed by atoms with Crippen molar-refractivity contribution in [1.29, 1.82) is 10.5 Å². The molecule has 2 unspecified atom stereocenters. The third-order valence-corrected chi connectivity index (χ3v) is 11.9. The molecular weight excluding hydrogens is 561 g/mol. The van der Waals surface area contributed by atoms with Crippen LogP contribution in [-0.2, 0) is 0 Å². The Labute approximate surface area is 232 Å². The summed E-state index contributed by atoms with van der Waals surface area (Å²) in [4.78, 5) is 16.2. The summed E-state index contributed by atoms with van der Waals surface area (Å²) in [6, 6.07) is 20.8. The van der Waals surface area contributed by atoms with Gasteiger partial charge in [0.25, 0.3) is 0 Å². The van der Waals surface area contributed by atoms with Crippen LogP contribution in [0.15, 0.2) is 69.3 Å². The van der Waals surface area contributed by atoms with Crippen LogP contribution in [0.3, 0.4) is 0 Å². The molecular formula is C26H14N4S6. The summed E-state index contributed by atoms with van der Waals surface area (Å²) in [5, 5.41) is 25.2. The van der Waals surface area contributed by atoms with Gasteiger partial charge in [-0.05, 0) is 59.3 Å². The molecule has 2 aliphatic rings. The van der Waals surface area contributed by atoms with Crippen LogP contribution in [0.25, 0.3) is 23.3 Å². The second-order valence-corrected chi connectivity index (χ2v) is 13.9. The van der Waals surface area contributed by atoms with Crippen molar-refractivity contribution in [2.45, 2.75) is 10.7 Å². The van der Waals surface area contributed by atoms with E-state index in [2.05, 4.69) is 36.4 Å². The Morgan fingerprint density at radius 1 is 0.694 bits per heavy atom. The van der Waals surface area contributed by atoms with Gasteiger partial charge in [-0.2, -0.15) is 10.5 Å². The Morgan fingerprint density at radius 2 is 1.17 bits per heavy atom. The minimum atomic E-state index is 0.0729. The van der Waals surface area contributed by atoms with E-state index in [0.29, 0.717) is 11.1 Å². The summed E-state index contributed by atoms with van der Waals surface area (Å²) < 4.78 is 0. The highest BCUT2D eigenvalue weighted by molar-refractivity contribution is 8.20. The van der Waals surface area contributed by atoms with Crippen LogP contribution in [0.4, 0.5) is 0 Å². The zero-order valence-corrected chi connectivity index (χ0v) is 23.2. The fourth-order valence-corrected chi connectivity index (χ4v) is 9.54. The van der Waals surface area contributed by atoms with E-state index in [9.17, 15) is 10.5 Å². The molecule has 10 heteroatoms. The number of nitriles is 2. The van der Waals surface area contributed by atoms with Crippen LogP contribution < -0.4 is 0 Å². The molecule has 0 N–H and O–H groups in total. The van der Waals surface area contributed by atoms with Crippen LogP contribution in [-0.4, -0.2) is 20.8 Å². The highest BCUT2D eigenvalue weighted by Crippen LogP contribution is 2.45. The minimum Gasteiger partial charge on any atom is -0.259 e. The maximum Gasteiger partial charge on any atom is 0.135 e. The van der Waals surface area contributed by atoms with Crippen molar-refractivity contribution >= 4 is 102 Å². The number of rotatable bonds is 6. The summed E-state index contributed by atoms with van der Waals surface area (Å²) in [6.07, 6.45) is 3.90. The number of aliphatic imine (C=N–C) groups is 2. The molecule has 2 aliphatic heterocycles. The topological polar surface area (TPSA) is 72.3 Å². The molecule has 174 valence electrons. The molecule has 0 saturated carbocycles. The third kappa shape index (κ3) is 4.81. The predicted octanol–water partition coefficient (Wildman–Crippen LogP) is 8.40. The zero-order chi connectivity index (χ0) is 24.5. The van der Waals surface area contributed by atoms with Crippen LogP contribution in [0.1, 0.15) is 29.3 Å². The molecule has 6 rings (SSSR count). The van der Waals surface area contributed by atoms with Crippen LogP contribution in [0.2, 0.25) is 0 Å². The molecule has 6 heterocycles. The van der Waals surface area contributed by atoms with Gasteiger partial charge in [-0.3, -0.25) is 9.98 Å². The van der Waals surface area contributed by atoms with Crippen molar-refractivity contribution in [2.24, 2.45) is 9.98 Å². The average Bonchev–Trinajstić information content (AvgIpc) is 3.69. The van der Waals surface area contributed by atoms with Gasteiger partial charge in [-0.1, -0.05) is 35.7 Å². The van der Waals surface area contributed by atoms with Crippen LogP contribution in [0.5, 0.6) is 0 Å². The Kier molecular flexibility index (Phi) is 6.81. The van der Waals surface area contributed by atoms with E-state index < -0.39 is 0 Å². The Bertz CT molecular complexity index is 1490. The Balaban J connectivity index is 1.15. The SMILES string of the molecule is N#C/C(=C\c1ccc(C2=NC3SC(c4ccc(/C=C(\C#N)c5cccs5)s4)=NC3S2)s1)c1cccs1. The van der Waals surface area contributed by atoms with Crippen LogP contribution in [0, 0.1) is 22.7 Å². The summed E-state index contributed by atoms with van der Waals surface area (Å²) in [7, 11) is 0. The van der Waals surface area contributed by atoms with E-state index in [-0.39, 0.29) is 10.7 Å². The lowest BCUT2D eigenvalue weighted by Gasteiger charge is -1.99. The quantitative estimate of drug-likeness (QED) is 0.217. The highest BCUT2D eigenvalue weighted by atomic mass is 32.2. The molecule has 0 fully saturated rings. The largest absolute Gasteiger partial charge is 0.259 e. The van der Waals surface area contributed by atoms with E-state index >= 15 is 0 Å². The summed E-state index contributed by atoms with van der Waals surface area (Å²) in [6.45, 7) is 0. The van der Waals surface area contributed by atoms with Gasteiger partial charge >= 0.3 is 0 Å². The lowest BCUT2D eigenvalue weighted by Crippen LogP contribution is -2.03. The van der Waals surface area contributed by atoms with Crippen molar-refractivity contribution in [3.8, 4) is 12.1 Å². The second kappa shape index (κ2) is 10.3. The number of thioether (sulfide) groups is 2. The standard InChI is InChI=1S/C26H14N4S6/c27-13-15(19-3-1-9-31-19)11-17-5-7-21(33-17)23-29-25-26(35-23)30-24(36-25)22-8-6-18(34-22)12-16(14-28)20-4-2-10-32-20/h1-12,25-26H/b15-11+,16-12+. The molecule has 0 spiro atoms. The van der Waals surface area contributed by atoms with Gasteiger partial charge in [-0.25, -0.2) is 0 Å². The lowest BCUT2D eigenvalue weighted by atomic mass is 10.2. The predicted molar refractivity (Wildman–Crippen MR) is 160 cm³/mol. The maximum absolute atomic E-state index is 9.54. The normalized spacial score (nSPS) is 19.5. The molecule has 0 bridgehead atoms. The van der Waals surface area contributed by atoms with Crippen molar-refractivity contribution in [2.75, 3.05) is 0 Å². The second-order valence-electron chi connectivity index (χ2n) is 7.58. The molecule has 0 amide bonds. The van der Waals surface area contributed by atoms with Crippen molar-refractivity contribution < 1.29 is 0 Å². The number of hydrogen-bond acceptors (Lipinski definition) is 10. The first-order valence-corrected chi connectivity index (χ1v) is 15.9. The number of allylic oxidation sites excluding steroid dienone is 2. The third-order valence-electron chi connectivity index (χ3n) is 5.26. The van der Waals surface area contributed by atoms with E-state index in [1.807, 2.05) is 47.2 Å². The number of thiophene rings is 4. The summed E-state index contributed by atoms with van der Waals surface area (Å²) in [5.41, 5.74) is 1.37. The molecule has 0 radical (unpaired) electrons. The maximum atomic E-state index is 9.54. The van der Waals surface area contributed by atoms with E-state index in [1.165, 1.54) is 0 Å². The molecule has 0 aromatic carbocycles. The van der Waals surface area contributed by atoms with Crippen molar-refractivity contribution in [3.05, 3.63) is 88.6 Å². The van der Waals surface area contributed by atoms with Crippen LogP contribution >= 0.6 is 68.9 Å². The Hall–Kier alpha value is -2.70. The molecule has 4 nitrogen and oxygen atoms in total. The fourth-order valence-electron chi connectivity index (χ4n) is 3.62. The van der Waals surface area contributed by atoms with Crippen molar-refractivity contribution in [3.63, 3.8) is 0 Å². The summed E-state index contributed by atoms with van der Waals surface area (Å²) >= 11 is 9.87. The number of nitrogens with zero attached hydrogens (tertiary/aromatic N) is 4. The zero-order valence-electron chi connectivity index (χ0n) is 18.3. The smallest absolute Gasteiger partial charge is 0.135 e. The average molecular weight is 575 g/mol. The van der Waals surface area contributed by atoms with Gasteiger partial charge in [0.2, 0.25) is 0 Å². The number of hydrogen-bond donors (Lipinski definition) is 0. The molecule has 0 aliphatic carbocycles. The molecule has 0 saturated heterocycles. The first-order valence-electron chi connectivity index (χ1n) is 10.7. The molecule has 36 heavy (non-hydrogen) atoms. The van der Waals surface area contributed by atoms with Gasteiger partial charge < -0.3 is 0 Å². The highest BCUT2D eigenvalue weighted by Gasteiger charge is 2.38. The summed E-state index contributed by atoms with van der Waals surface area (Å²) in [5.74, 6) is 0. The van der Waals surface area contributed by atoms with Gasteiger partial charge in [0.05, 0.1) is 20.9 Å². The molecule has 4 aromatic heterocycles. The lowest BCUT2D eigenvalue weighted by molar-refractivity contribution is 0.898. The minimum absolute atomic E-state index is 0.0729. The van der Waals surface area contributed by atoms with E-state index in [1.54, 1.807) is 68.9 Å². The van der Waals surface area contributed by atoms with E-state index in [4.69, 9.17) is 9.98 Å². The Morgan fingerprint density at radius 3 is 1.56 bits per heavy atom. The van der Waals surface area contributed by atoms with E-state index in [0.717, 1.165) is 39.4 Å². The first-order chi connectivity index (χ1) is 17.7. The van der Waals surface area contributed by atoms with Gasteiger partial charge in [0, 0.05) is 19.5 Å². The monoisotopic (exact) mass is 574 g/mol. The van der Waals surface area contributed by atoms with Gasteiger partial charge in [0.1, 0.15) is 33.0 Å². The fraction of sp³-hybridized carbons (Fsp3) is 0.0769. The molecule has 2 atom stereocenters. The van der Waals surface area contributed by atoms with Crippen molar-refractivity contribution in [1.82, 2.24) is 0 Å². The first kappa shape index (κ1) is 23.7. The molecule has 4 aromatic rings.